The number of unbranched alkanes of at least 4 members (excludes halogenated alkanes) is 2. The molecule has 2 atom stereocenters. The molecule has 1 aromatic carbocycles. The summed E-state index contributed by atoms with van der Waals surface area (Å²) in [5, 5.41) is 5.74. The van der Waals surface area contributed by atoms with Crippen LogP contribution in [0.25, 0.3) is 0 Å². The van der Waals surface area contributed by atoms with Crippen LogP contribution in [0.2, 0.25) is 0 Å². The molecule has 7 heteroatoms. The second-order valence-corrected chi connectivity index (χ2v) is 10.3. The lowest BCUT2D eigenvalue weighted by molar-refractivity contribution is -0.142. The summed E-state index contributed by atoms with van der Waals surface area (Å²) in [5.41, 5.74) is 2.04. The third-order valence-corrected chi connectivity index (χ3v) is 5.79. The van der Waals surface area contributed by atoms with Crippen LogP contribution in [0.4, 0.5) is 4.79 Å². The van der Waals surface area contributed by atoms with E-state index in [0.29, 0.717) is 6.54 Å². The van der Waals surface area contributed by atoms with Gasteiger partial charge in [-0.3, -0.25) is 9.59 Å². The fraction of sp³-hybridized carbons (Fsp3) is 0.607. The molecule has 0 aliphatic carbocycles. The Morgan fingerprint density at radius 1 is 1.14 bits per heavy atom. The molecule has 0 heterocycles. The summed E-state index contributed by atoms with van der Waals surface area (Å²) in [4.78, 5) is 41.5. The molecule has 0 aromatic heterocycles. The van der Waals surface area contributed by atoms with E-state index in [-0.39, 0.29) is 24.3 Å². The van der Waals surface area contributed by atoms with Crippen molar-refractivity contribution in [3.05, 3.63) is 47.5 Å². The highest BCUT2D eigenvalue weighted by Gasteiger charge is 2.37. The van der Waals surface area contributed by atoms with E-state index in [1.54, 1.807) is 26.8 Å². The lowest BCUT2D eigenvalue weighted by atomic mass is 9.94. The van der Waals surface area contributed by atoms with E-state index in [1.165, 1.54) is 4.90 Å². The Hall–Kier alpha value is -2.83. The van der Waals surface area contributed by atoms with E-state index >= 15 is 0 Å². The molecular weight excluding hydrogens is 442 g/mol. The van der Waals surface area contributed by atoms with Gasteiger partial charge in [0.15, 0.2) is 0 Å². The molecule has 7 nitrogen and oxygen atoms in total. The summed E-state index contributed by atoms with van der Waals surface area (Å²) >= 11 is 0. The molecule has 1 rings (SSSR count). The molecule has 2 N–H and O–H groups in total. The van der Waals surface area contributed by atoms with E-state index in [0.717, 1.165) is 36.0 Å². The van der Waals surface area contributed by atoms with Gasteiger partial charge in [-0.2, -0.15) is 0 Å². The van der Waals surface area contributed by atoms with Crippen molar-refractivity contribution in [1.82, 2.24) is 15.5 Å². The van der Waals surface area contributed by atoms with Crippen molar-refractivity contribution in [2.24, 2.45) is 5.92 Å². The molecule has 0 saturated carbocycles. The van der Waals surface area contributed by atoms with Crippen molar-refractivity contribution < 1.29 is 19.1 Å². The first-order valence-corrected chi connectivity index (χ1v) is 12.6. The number of aryl methyl sites for hydroxylation is 1. The Kier molecular flexibility index (Phi) is 12.0. The number of carbonyl (C=O) groups is 3. The summed E-state index contributed by atoms with van der Waals surface area (Å²) < 4.78 is 5.39. The molecule has 0 bridgehead atoms. The zero-order chi connectivity index (χ0) is 26.8. The van der Waals surface area contributed by atoms with Crippen molar-refractivity contribution in [1.29, 1.82) is 0 Å². The van der Waals surface area contributed by atoms with Crippen LogP contribution >= 0.6 is 0 Å². The molecule has 0 radical (unpaired) electrons. The van der Waals surface area contributed by atoms with Gasteiger partial charge in [0.25, 0.3) is 0 Å². The summed E-state index contributed by atoms with van der Waals surface area (Å²) in [6.07, 6.45) is 3.86. The number of ether oxygens (including phenoxy) is 1. The van der Waals surface area contributed by atoms with E-state index in [4.69, 9.17) is 4.74 Å². The van der Waals surface area contributed by atoms with Gasteiger partial charge in [-0.15, -0.1) is 6.58 Å². The third kappa shape index (κ3) is 9.38. The van der Waals surface area contributed by atoms with Crippen molar-refractivity contribution in [3.63, 3.8) is 0 Å². The minimum absolute atomic E-state index is 0.151. The molecule has 3 amide bonds. The van der Waals surface area contributed by atoms with Gasteiger partial charge < -0.3 is 20.3 Å². The number of nitrogens with zero attached hydrogens (tertiary/aromatic N) is 1. The van der Waals surface area contributed by atoms with Crippen LogP contribution in [0.3, 0.4) is 0 Å². The lowest BCUT2D eigenvalue weighted by Crippen LogP contribution is -2.55. The molecular formula is C28H45N3O4. The van der Waals surface area contributed by atoms with Gasteiger partial charge in [-0.25, -0.2) is 4.79 Å². The Morgan fingerprint density at radius 3 is 2.34 bits per heavy atom. The first kappa shape index (κ1) is 30.2. The second kappa shape index (κ2) is 13.9. The van der Waals surface area contributed by atoms with Gasteiger partial charge in [0.05, 0.1) is 0 Å². The van der Waals surface area contributed by atoms with Crippen molar-refractivity contribution in [2.75, 3.05) is 13.1 Å². The van der Waals surface area contributed by atoms with E-state index in [9.17, 15) is 14.4 Å². The van der Waals surface area contributed by atoms with Gasteiger partial charge >= 0.3 is 6.09 Å². The number of amides is 3. The molecule has 0 aliphatic rings. The van der Waals surface area contributed by atoms with Crippen molar-refractivity contribution >= 4 is 17.9 Å². The Morgan fingerprint density at radius 2 is 1.80 bits per heavy atom. The molecule has 35 heavy (non-hydrogen) atoms. The summed E-state index contributed by atoms with van der Waals surface area (Å²) in [7, 11) is 0. The lowest BCUT2D eigenvalue weighted by Gasteiger charge is -2.35. The van der Waals surface area contributed by atoms with Crippen LogP contribution in [0, 0.1) is 19.8 Å². The fourth-order valence-electron chi connectivity index (χ4n) is 3.79. The van der Waals surface area contributed by atoms with Crippen LogP contribution in [-0.2, 0) is 14.3 Å². The van der Waals surface area contributed by atoms with Crippen LogP contribution < -0.4 is 10.6 Å². The number of hydrogen-bond donors (Lipinski definition) is 2. The van der Waals surface area contributed by atoms with E-state index < -0.39 is 23.8 Å². The van der Waals surface area contributed by atoms with E-state index in [1.807, 2.05) is 45.9 Å². The maximum atomic E-state index is 13.9. The first-order chi connectivity index (χ1) is 16.3. The second-order valence-electron chi connectivity index (χ2n) is 10.3. The van der Waals surface area contributed by atoms with E-state index in [2.05, 4.69) is 24.1 Å². The number of benzene rings is 1. The zero-order valence-electron chi connectivity index (χ0n) is 22.9. The monoisotopic (exact) mass is 487 g/mol. The number of rotatable bonds is 12. The fourth-order valence-corrected chi connectivity index (χ4v) is 3.79. The predicted molar refractivity (Wildman–Crippen MR) is 141 cm³/mol. The number of carbonyl (C=O) groups excluding carboxylic acids is 3. The average Bonchev–Trinajstić information content (AvgIpc) is 2.75. The number of hydrogen-bond acceptors (Lipinski definition) is 4. The Balaban J connectivity index is 3.42. The van der Waals surface area contributed by atoms with Gasteiger partial charge in [0.2, 0.25) is 11.8 Å². The van der Waals surface area contributed by atoms with Gasteiger partial charge in [0.1, 0.15) is 17.7 Å². The minimum Gasteiger partial charge on any atom is -0.444 e. The molecule has 0 fully saturated rings. The maximum Gasteiger partial charge on any atom is 0.408 e. The Labute approximate surface area is 211 Å². The normalized spacial score (nSPS) is 13.1. The van der Waals surface area contributed by atoms with Crippen molar-refractivity contribution in [3.8, 4) is 0 Å². The molecule has 0 saturated heterocycles. The largest absolute Gasteiger partial charge is 0.444 e. The third-order valence-electron chi connectivity index (χ3n) is 5.79. The van der Waals surface area contributed by atoms with Gasteiger partial charge in [-0.05, 0) is 63.6 Å². The smallest absolute Gasteiger partial charge is 0.408 e. The number of nitrogens with one attached hydrogen (secondary N) is 2. The number of alkyl carbamates (subject to hydrolysis) is 1. The van der Waals surface area contributed by atoms with Crippen LogP contribution in [0.1, 0.15) is 83.5 Å². The molecule has 2 unspecified atom stereocenters. The zero-order valence-corrected chi connectivity index (χ0v) is 22.9. The highest BCUT2D eigenvalue weighted by molar-refractivity contribution is 5.92. The van der Waals surface area contributed by atoms with Crippen molar-refractivity contribution in [2.45, 2.75) is 92.3 Å². The highest BCUT2D eigenvalue weighted by atomic mass is 16.6. The van der Waals surface area contributed by atoms with Gasteiger partial charge in [0, 0.05) is 13.1 Å². The predicted octanol–water partition coefficient (Wildman–Crippen LogP) is 5.21. The standard InChI is InChI=1S/C28H45N3O4/c1-10-12-13-17-29-25(32)24(22-16-14-15-20(5)21(22)6)31(18-11-2)26(33)23(19(3)4)30-27(34)35-28(7,8)9/h11,14-16,19,23-24H,2,10,12-13,17-18H2,1,3-9H3,(H,29,32)(H,30,34). The summed E-state index contributed by atoms with van der Waals surface area (Å²) in [5.74, 6) is -0.834. The van der Waals surface area contributed by atoms with Crippen LogP contribution in [-0.4, -0.2) is 47.5 Å². The summed E-state index contributed by atoms with van der Waals surface area (Å²) in [6.45, 7) is 19.6. The molecule has 196 valence electrons. The molecule has 1 aromatic rings. The van der Waals surface area contributed by atoms with Gasteiger partial charge in [-0.1, -0.05) is 57.9 Å². The Bertz CT molecular complexity index is 873. The average molecular weight is 488 g/mol. The van der Waals surface area contributed by atoms with Crippen LogP contribution in [0.5, 0.6) is 0 Å². The summed E-state index contributed by atoms with van der Waals surface area (Å²) in [6, 6.07) is 4.03. The SMILES string of the molecule is C=CCN(C(=O)C(NC(=O)OC(C)(C)C)C(C)C)C(C(=O)NCCCCC)c1cccc(C)c1C. The first-order valence-electron chi connectivity index (χ1n) is 12.6. The van der Waals surface area contributed by atoms with Crippen LogP contribution in [0.15, 0.2) is 30.9 Å². The molecule has 0 aliphatic heterocycles. The quantitative estimate of drug-likeness (QED) is 0.313. The maximum absolute atomic E-state index is 13.9. The minimum atomic E-state index is -0.870. The topological polar surface area (TPSA) is 87.7 Å². The molecule has 0 spiro atoms. The highest BCUT2D eigenvalue weighted by Crippen LogP contribution is 2.28.